The largest absolute Gasteiger partial charge is 0.493 e. The van der Waals surface area contributed by atoms with Gasteiger partial charge in [0.25, 0.3) is 0 Å². The number of rotatable bonds is 7. The fourth-order valence-electron chi connectivity index (χ4n) is 3.57. The molecule has 2 atom stereocenters. The van der Waals surface area contributed by atoms with Crippen LogP contribution in [0.1, 0.15) is 36.2 Å². The fourth-order valence-corrected chi connectivity index (χ4v) is 4.46. The molecule has 1 aliphatic heterocycles. The lowest BCUT2D eigenvalue weighted by atomic mass is 9.94. The van der Waals surface area contributed by atoms with Gasteiger partial charge in [-0.15, -0.1) is 11.3 Å². The predicted molar refractivity (Wildman–Crippen MR) is 102 cm³/mol. The van der Waals surface area contributed by atoms with E-state index in [0.29, 0.717) is 18.9 Å². The summed E-state index contributed by atoms with van der Waals surface area (Å²) in [5, 5.41) is 11.5. The first kappa shape index (κ1) is 18.7. The molecule has 1 fully saturated rings. The van der Waals surface area contributed by atoms with Crippen LogP contribution in [0.5, 0.6) is 11.5 Å². The van der Waals surface area contributed by atoms with Crippen LogP contribution in [0.2, 0.25) is 0 Å². The van der Waals surface area contributed by atoms with Crippen molar-refractivity contribution in [1.29, 1.82) is 0 Å². The van der Waals surface area contributed by atoms with Crippen molar-refractivity contribution in [2.24, 2.45) is 5.92 Å². The number of thiophene rings is 1. The van der Waals surface area contributed by atoms with Crippen molar-refractivity contribution >= 4 is 17.3 Å². The molecule has 1 N–H and O–H groups in total. The van der Waals surface area contributed by atoms with Crippen molar-refractivity contribution in [1.82, 2.24) is 4.90 Å². The predicted octanol–water partition coefficient (Wildman–Crippen LogP) is 4.04. The summed E-state index contributed by atoms with van der Waals surface area (Å²) in [6.45, 7) is 3.98. The molecule has 0 spiro atoms. The molecule has 0 saturated carbocycles. The molecular formula is C20H25NO4S. The second-order valence-corrected chi connectivity index (χ2v) is 7.41. The summed E-state index contributed by atoms with van der Waals surface area (Å²) in [5.41, 5.74) is 1.10. The van der Waals surface area contributed by atoms with Crippen LogP contribution in [0.25, 0.3) is 0 Å². The highest BCUT2D eigenvalue weighted by molar-refractivity contribution is 7.10. The first-order chi connectivity index (χ1) is 12.6. The summed E-state index contributed by atoms with van der Waals surface area (Å²) in [6.07, 6.45) is 1.64. The fraction of sp³-hybridized carbons (Fsp3) is 0.450. The smallest absolute Gasteiger partial charge is 0.307 e. The Bertz CT molecular complexity index is 731. The Kier molecular flexibility index (Phi) is 6.16. The van der Waals surface area contributed by atoms with Gasteiger partial charge in [-0.1, -0.05) is 12.1 Å². The Labute approximate surface area is 158 Å². The number of aliphatic carboxylic acids is 1. The third-order valence-electron chi connectivity index (χ3n) is 4.78. The summed E-state index contributed by atoms with van der Waals surface area (Å²) in [6, 6.07) is 10.2. The summed E-state index contributed by atoms with van der Waals surface area (Å²) in [5.74, 6) is 0.420. The quantitative estimate of drug-likeness (QED) is 0.791. The number of nitrogens with zero attached hydrogens (tertiary/aromatic N) is 1. The molecule has 0 aliphatic carbocycles. The average molecular weight is 375 g/mol. The second-order valence-electron chi connectivity index (χ2n) is 6.43. The molecule has 26 heavy (non-hydrogen) atoms. The number of carboxylic acid groups (broad SMARTS) is 1. The van der Waals surface area contributed by atoms with Crippen LogP contribution in [0.4, 0.5) is 0 Å². The Morgan fingerprint density at radius 3 is 2.88 bits per heavy atom. The highest BCUT2D eigenvalue weighted by Crippen LogP contribution is 2.38. The van der Waals surface area contributed by atoms with Gasteiger partial charge < -0.3 is 14.6 Å². The van der Waals surface area contributed by atoms with Crippen LogP contribution in [-0.4, -0.2) is 42.8 Å². The van der Waals surface area contributed by atoms with Gasteiger partial charge in [-0.2, -0.15) is 0 Å². The number of benzene rings is 1. The van der Waals surface area contributed by atoms with E-state index in [9.17, 15) is 9.90 Å². The van der Waals surface area contributed by atoms with Crippen LogP contribution in [0.3, 0.4) is 0 Å². The normalized spacial score (nSPS) is 19.1. The van der Waals surface area contributed by atoms with E-state index in [-0.39, 0.29) is 12.0 Å². The SMILES string of the molecule is CCOc1ccc(C(c2cccs2)N2CCCC(C(=O)O)C2)cc1OC. The van der Waals surface area contributed by atoms with Gasteiger partial charge in [0.05, 0.1) is 25.7 Å². The van der Waals surface area contributed by atoms with Crippen LogP contribution >= 0.6 is 11.3 Å². The molecule has 0 amide bonds. The Balaban J connectivity index is 1.96. The molecule has 2 aromatic rings. The molecule has 3 rings (SSSR count). The van der Waals surface area contributed by atoms with Gasteiger partial charge in [0.1, 0.15) is 0 Å². The van der Waals surface area contributed by atoms with Crippen LogP contribution in [-0.2, 0) is 4.79 Å². The van der Waals surface area contributed by atoms with E-state index in [0.717, 1.165) is 30.7 Å². The van der Waals surface area contributed by atoms with Crippen molar-refractivity contribution in [2.75, 3.05) is 26.8 Å². The summed E-state index contributed by atoms with van der Waals surface area (Å²) < 4.78 is 11.2. The van der Waals surface area contributed by atoms with Crippen LogP contribution < -0.4 is 9.47 Å². The van der Waals surface area contributed by atoms with Gasteiger partial charge >= 0.3 is 5.97 Å². The number of carbonyl (C=O) groups is 1. The Morgan fingerprint density at radius 1 is 1.38 bits per heavy atom. The molecule has 1 aromatic carbocycles. The average Bonchev–Trinajstić information content (AvgIpc) is 3.17. The number of hydrogen-bond donors (Lipinski definition) is 1. The van der Waals surface area contributed by atoms with Gasteiger partial charge in [0, 0.05) is 11.4 Å². The zero-order valence-corrected chi connectivity index (χ0v) is 16.0. The van der Waals surface area contributed by atoms with E-state index < -0.39 is 5.97 Å². The molecule has 0 radical (unpaired) electrons. The van der Waals surface area contributed by atoms with Gasteiger partial charge in [-0.05, 0) is 55.5 Å². The highest BCUT2D eigenvalue weighted by Gasteiger charge is 2.32. The lowest BCUT2D eigenvalue weighted by Crippen LogP contribution is -2.41. The molecule has 0 bridgehead atoms. The molecule has 1 aliphatic rings. The third-order valence-corrected chi connectivity index (χ3v) is 5.71. The van der Waals surface area contributed by atoms with Crippen LogP contribution in [0, 0.1) is 5.92 Å². The van der Waals surface area contributed by atoms with E-state index in [1.807, 2.05) is 25.1 Å². The molecule has 5 nitrogen and oxygen atoms in total. The van der Waals surface area contributed by atoms with E-state index in [4.69, 9.17) is 9.47 Å². The lowest BCUT2D eigenvalue weighted by Gasteiger charge is -2.37. The number of carboxylic acids is 1. The molecular weight excluding hydrogens is 350 g/mol. The maximum atomic E-state index is 11.5. The molecule has 1 aromatic heterocycles. The third kappa shape index (κ3) is 4.02. The number of methoxy groups -OCH3 is 1. The van der Waals surface area contributed by atoms with E-state index >= 15 is 0 Å². The monoisotopic (exact) mass is 375 g/mol. The highest BCUT2D eigenvalue weighted by atomic mass is 32.1. The van der Waals surface area contributed by atoms with E-state index in [1.165, 1.54) is 4.88 Å². The molecule has 6 heteroatoms. The minimum Gasteiger partial charge on any atom is -0.493 e. The summed E-state index contributed by atoms with van der Waals surface area (Å²) >= 11 is 1.70. The van der Waals surface area contributed by atoms with Crippen molar-refractivity contribution in [3.63, 3.8) is 0 Å². The number of piperidine rings is 1. The standard InChI is InChI=1S/C20H25NO4S/c1-3-25-16-9-8-14(12-17(16)24-2)19(18-7-5-11-26-18)21-10-4-6-15(13-21)20(22)23/h5,7-9,11-12,15,19H,3-4,6,10,13H2,1-2H3,(H,22,23). The Hall–Kier alpha value is -2.05. The first-order valence-corrected chi connectivity index (χ1v) is 9.83. The zero-order chi connectivity index (χ0) is 18.5. The van der Waals surface area contributed by atoms with Gasteiger partial charge in [-0.25, -0.2) is 0 Å². The minimum atomic E-state index is -0.705. The van der Waals surface area contributed by atoms with Crippen molar-refractivity contribution in [2.45, 2.75) is 25.8 Å². The molecule has 140 valence electrons. The van der Waals surface area contributed by atoms with Crippen LogP contribution in [0.15, 0.2) is 35.7 Å². The van der Waals surface area contributed by atoms with Gasteiger partial charge in [-0.3, -0.25) is 9.69 Å². The lowest BCUT2D eigenvalue weighted by molar-refractivity contribution is -0.143. The number of likely N-dealkylation sites (tertiary alicyclic amines) is 1. The second kappa shape index (κ2) is 8.56. The number of ether oxygens (including phenoxy) is 2. The summed E-state index contributed by atoms with van der Waals surface area (Å²) in [7, 11) is 1.64. The maximum absolute atomic E-state index is 11.5. The molecule has 1 saturated heterocycles. The van der Waals surface area contributed by atoms with Gasteiger partial charge in [0.2, 0.25) is 0 Å². The minimum absolute atomic E-state index is 0.0294. The van der Waals surface area contributed by atoms with Crippen molar-refractivity contribution < 1.29 is 19.4 Å². The zero-order valence-electron chi connectivity index (χ0n) is 15.2. The maximum Gasteiger partial charge on any atom is 0.307 e. The Morgan fingerprint density at radius 2 is 2.23 bits per heavy atom. The van der Waals surface area contributed by atoms with Crippen molar-refractivity contribution in [3.05, 3.63) is 46.2 Å². The van der Waals surface area contributed by atoms with E-state index in [2.05, 4.69) is 22.4 Å². The number of hydrogen-bond acceptors (Lipinski definition) is 5. The summed E-state index contributed by atoms with van der Waals surface area (Å²) in [4.78, 5) is 15.0. The first-order valence-electron chi connectivity index (χ1n) is 8.95. The van der Waals surface area contributed by atoms with Crippen molar-refractivity contribution in [3.8, 4) is 11.5 Å². The topological polar surface area (TPSA) is 59.0 Å². The van der Waals surface area contributed by atoms with E-state index in [1.54, 1.807) is 18.4 Å². The molecule has 2 heterocycles. The molecule has 2 unspecified atom stereocenters. The van der Waals surface area contributed by atoms with Gasteiger partial charge in [0.15, 0.2) is 11.5 Å².